The summed E-state index contributed by atoms with van der Waals surface area (Å²) in [7, 11) is 1.53. The normalized spacial score (nSPS) is 18.1. The number of imidazole rings is 1. The largest absolute Gasteiger partial charge is 0.375 e. The fraction of sp³-hybridized carbons (Fsp3) is 0.429. The first-order valence-corrected chi connectivity index (χ1v) is 6.88. The van der Waals surface area contributed by atoms with Crippen LogP contribution in [0.4, 0.5) is 0 Å². The Kier molecular flexibility index (Phi) is 3.92. The molecular weight excluding hydrogens is 270 g/mol. The molecule has 3 rings (SSSR count). The number of ether oxygens (including phenoxy) is 1. The van der Waals surface area contributed by atoms with Gasteiger partial charge in [-0.05, 0) is 12.8 Å². The molecule has 1 aliphatic rings. The quantitative estimate of drug-likeness (QED) is 0.838. The van der Waals surface area contributed by atoms with E-state index in [2.05, 4.69) is 15.0 Å². The van der Waals surface area contributed by atoms with Gasteiger partial charge in [-0.2, -0.15) is 0 Å². The van der Waals surface area contributed by atoms with Crippen LogP contribution in [0.2, 0.25) is 0 Å². The molecule has 0 N–H and O–H groups in total. The van der Waals surface area contributed by atoms with Crippen molar-refractivity contribution in [2.75, 3.05) is 20.3 Å². The Morgan fingerprint density at radius 3 is 3.10 bits per heavy atom. The van der Waals surface area contributed by atoms with Crippen LogP contribution in [0.5, 0.6) is 0 Å². The van der Waals surface area contributed by atoms with Gasteiger partial charge in [-0.25, -0.2) is 9.97 Å². The Hall–Kier alpha value is -2.28. The highest BCUT2D eigenvalue weighted by molar-refractivity contribution is 5.78. The fourth-order valence-electron chi connectivity index (χ4n) is 2.63. The summed E-state index contributed by atoms with van der Waals surface area (Å²) in [5, 5.41) is 0. The minimum Gasteiger partial charge on any atom is -0.375 e. The lowest BCUT2D eigenvalue weighted by molar-refractivity contribution is -0.136. The highest BCUT2D eigenvalue weighted by Crippen LogP contribution is 2.30. The molecular formula is C14H17N5O2. The van der Waals surface area contributed by atoms with E-state index in [1.54, 1.807) is 29.5 Å². The van der Waals surface area contributed by atoms with E-state index in [1.807, 2.05) is 11.1 Å². The Morgan fingerprint density at radius 1 is 1.43 bits per heavy atom. The van der Waals surface area contributed by atoms with Crippen molar-refractivity contribution in [1.29, 1.82) is 0 Å². The third-order valence-corrected chi connectivity index (χ3v) is 3.59. The van der Waals surface area contributed by atoms with Crippen LogP contribution >= 0.6 is 0 Å². The van der Waals surface area contributed by atoms with Gasteiger partial charge in [0.05, 0.1) is 24.1 Å². The van der Waals surface area contributed by atoms with Gasteiger partial charge in [0.2, 0.25) is 5.91 Å². The second-order valence-electron chi connectivity index (χ2n) is 4.95. The summed E-state index contributed by atoms with van der Waals surface area (Å²) in [5.41, 5.74) is 0.808. The number of aromatic nitrogens is 4. The molecule has 0 radical (unpaired) electrons. The number of likely N-dealkylation sites (tertiary alicyclic amines) is 1. The Balaban J connectivity index is 1.86. The number of rotatable bonds is 4. The van der Waals surface area contributed by atoms with E-state index >= 15 is 0 Å². The van der Waals surface area contributed by atoms with Crippen molar-refractivity contribution in [2.45, 2.75) is 18.9 Å². The lowest BCUT2D eigenvalue weighted by atomic mass is 10.1. The molecule has 7 heteroatoms. The van der Waals surface area contributed by atoms with Gasteiger partial charge in [0.25, 0.3) is 0 Å². The molecule has 3 heterocycles. The molecule has 1 unspecified atom stereocenters. The molecule has 0 bridgehead atoms. The van der Waals surface area contributed by atoms with Crippen molar-refractivity contribution in [2.24, 2.45) is 0 Å². The molecule has 2 aromatic heterocycles. The fourth-order valence-corrected chi connectivity index (χ4v) is 2.63. The number of amides is 1. The molecule has 1 aliphatic heterocycles. The van der Waals surface area contributed by atoms with E-state index < -0.39 is 0 Å². The van der Waals surface area contributed by atoms with Crippen LogP contribution in [0, 0.1) is 0 Å². The van der Waals surface area contributed by atoms with Gasteiger partial charge in [-0.3, -0.25) is 14.3 Å². The molecule has 0 spiro atoms. The lowest BCUT2D eigenvalue weighted by Crippen LogP contribution is -2.33. The summed E-state index contributed by atoms with van der Waals surface area (Å²) < 4.78 is 6.74. The van der Waals surface area contributed by atoms with Crippen LogP contribution in [0.1, 0.15) is 24.6 Å². The van der Waals surface area contributed by atoms with Crippen LogP contribution in [-0.4, -0.2) is 50.6 Å². The molecule has 110 valence electrons. The molecule has 1 amide bonds. The van der Waals surface area contributed by atoms with Crippen LogP contribution in [0.25, 0.3) is 5.82 Å². The van der Waals surface area contributed by atoms with E-state index in [9.17, 15) is 4.79 Å². The number of nitrogens with zero attached hydrogens (tertiary/aromatic N) is 5. The summed E-state index contributed by atoms with van der Waals surface area (Å²) in [6.45, 7) is 0.842. The first kappa shape index (κ1) is 13.7. The number of carbonyl (C=O) groups excluding carboxylic acids is 1. The number of hydrogen-bond acceptors (Lipinski definition) is 5. The molecule has 0 aliphatic carbocycles. The lowest BCUT2D eigenvalue weighted by Gasteiger charge is -2.24. The van der Waals surface area contributed by atoms with Gasteiger partial charge in [0.1, 0.15) is 12.9 Å². The molecule has 0 aromatic carbocycles. The van der Waals surface area contributed by atoms with Crippen molar-refractivity contribution < 1.29 is 9.53 Å². The monoisotopic (exact) mass is 287 g/mol. The van der Waals surface area contributed by atoms with Gasteiger partial charge in [0, 0.05) is 26.0 Å². The van der Waals surface area contributed by atoms with Crippen molar-refractivity contribution in [3.8, 4) is 5.82 Å². The zero-order chi connectivity index (χ0) is 14.7. The second-order valence-corrected chi connectivity index (χ2v) is 4.95. The maximum Gasteiger partial charge on any atom is 0.249 e. The third-order valence-electron chi connectivity index (χ3n) is 3.59. The predicted molar refractivity (Wildman–Crippen MR) is 74.7 cm³/mol. The summed E-state index contributed by atoms with van der Waals surface area (Å²) in [5.74, 6) is 0.700. The van der Waals surface area contributed by atoms with E-state index in [-0.39, 0.29) is 18.6 Å². The average molecular weight is 287 g/mol. The van der Waals surface area contributed by atoms with Crippen molar-refractivity contribution in [3.63, 3.8) is 0 Å². The predicted octanol–water partition coefficient (Wildman–Crippen LogP) is 0.972. The SMILES string of the molecule is COCC(=O)N1CCCC1c1cncc(-n2ccnc2)n1. The van der Waals surface area contributed by atoms with E-state index in [0.29, 0.717) is 5.82 Å². The van der Waals surface area contributed by atoms with Crippen LogP contribution in [0.15, 0.2) is 31.1 Å². The first-order chi connectivity index (χ1) is 10.3. The minimum atomic E-state index is -0.0244. The topological polar surface area (TPSA) is 73.1 Å². The van der Waals surface area contributed by atoms with E-state index in [4.69, 9.17) is 4.74 Å². The minimum absolute atomic E-state index is 0.00478. The van der Waals surface area contributed by atoms with Crippen LogP contribution in [0.3, 0.4) is 0 Å². The maximum absolute atomic E-state index is 12.1. The van der Waals surface area contributed by atoms with Crippen molar-refractivity contribution >= 4 is 5.91 Å². The van der Waals surface area contributed by atoms with Gasteiger partial charge in [0.15, 0.2) is 5.82 Å². The molecule has 21 heavy (non-hydrogen) atoms. The zero-order valence-electron chi connectivity index (χ0n) is 11.8. The number of carbonyl (C=O) groups is 1. The molecule has 2 aromatic rings. The van der Waals surface area contributed by atoms with Crippen LogP contribution in [-0.2, 0) is 9.53 Å². The number of hydrogen-bond donors (Lipinski definition) is 0. The Bertz CT molecular complexity index is 614. The van der Waals surface area contributed by atoms with Crippen LogP contribution < -0.4 is 0 Å². The summed E-state index contributed by atoms with van der Waals surface area (Å²) in [6.07, 6.45) is 10.5. The zero-order valence-corrected chi connectivity index (χ0v) is 11.8. The highest BCUT2D eigenvalue weighted by atomic mass is 16.5. The van der Waals surface area contributed by atoms with Gasteiger partial charge < -0.3 is 9.64 Å². The van der Waals surface area contributed by atoms with Crippen molar-refractivity contribution in [1.82, 2.24) is 24.4 Å². The average Bonchev–Trinajstić information content (AvgIpc) is 3.19. The molecule has 0 saturated carbocycles. The second kappa shape index (κ2) is 6.01. The molecule has 1 fully saturated rings. The summed E-state index contributed by atoms with van der Waals surface area (Å²) >= 11 is 0. The third kappa shape index (κ3) is 2.78. The number of methoxy groups -OCH3 is 1. The highest BCUT2D eigenvalue weighted by Gasteiger charge is 2.31. The van der Waals surface area contributed by atoms with Gasteiger partial charge in [-0.15, -0.1) is 0 Å². The summed E-state index contributed by atoms with van der Waals surface area (Å²) in [4.78, 5) is 26.8. The summed E-state index contributed by atoms with van der Waals surface area (Å²) in [6, 6.07) is -0.0244. The first-order valence-electron chi connectivity index (χ1n) is 6.88. The van der Waals surface area contributed by atoms with Gasteiger partial charge in [-0.1, -0.05) is 0 Å². The van der Waals surface area contributed by atoms with Gasteiger partial charge >= 0.3 is 0 Å². The van der Waals surface area contributed by atoms with E-state index in [0.717, 1.165) is 25.1 Å². The standard InChI is InChI=1S/C14H17N5O2/c1-21-9-14(20)19-5-2-3-12(19)11-7-16-8-13(17-11)18-6-4-15-10-18/h4,6-8,10,12H,2-3,5,9H2,1H3. The molecule has 1 saturated heterocycles. The van der Waals surface area contributed by atoms with Crippen molar-refractivity contribution in [3.05, 3.63) is 36.8 Å². The molecule has 7 nitrogen and oxygen atoms in total. The smallest absolute Gasteiger partial charge is 0.249 e. The Labute approximate surface area is 122 Å². The maximum atomic E-state index is 12.1. The molecule has 1 atom stereocenters. The van der Waals surface area contributed by atoms with E-state index in [1.165, 1.54) is 7.11 Å². The Morgan fingerprint density at radius 2 is 2.33 bits per heavy atom.